The molecule has 0 unspecified atom stereocenters. The van der Waals surface area contributed by atoms with Crippen molar-refractivity contribution in [3.8, 4) is 11.6 Å². The van der Waals surface area contributed by atoms with Crippen molar-refractivity contribution in [2.75, 3.05) is 11.9 Å². The van der Waals surface area contributed by atoms with Crippen LogP contribution < -0.4 is 10.1 Å². The van der Waals surface area contributed by atoms with E-state index in [-0.39, 0.29) is 11.6 Å². The van der Waals surface area contributed by atoms with Gasteiger partial charge in [-0.05, 0) is 6.42 Å². The number of benzene rings is 1. The Kier molecular flexibility index (Phi) is 4.22. The molecule has 0 saturated heterocycles. The summed E-state index contributed by atoms with van der Waals surface area (Å²) in [5.74, 6) is -0.714. The number of hydrogen-bond acceptors (Lipinski definition) is 4. The van der Waals surface area contributed by atoms with Gasteiger partial charge in [-0.25, -0.2) is 13.8 Å². The maximum absolute atomic E-state index is 13.0. The first kappa shape index (κ1) is 13.2. The fourth-order valence-electron chi connectivity index (χ4n) is 1.43. The van der Waals surface area contributed by atoms with Gasteiger partial charge in [0.15, 0.2) is 0 Å². The third-order valence-corrected chi connectivity index (χ3v) is 2.22. The maximum atomic E-state index is 13.0. The van der Waals surface area contributed by atoms with Crippen molar-refractivity contribution in [1.29, 1.82) is 0 Å². The minimum atomic E-state index is -0.701. The summed E-state index contributed by atoms with van der Waals surface area (Å²) in [7, 11) is 0. The number of anilines is 1. The van der Waals surface area contributed by atoms with Crippen LogP contribution in [0.3, 0.4) is 0 Å². The van der Waals surface area contributed by atoms with Crippen LogP contribution in [0.5, 0.6) is 11.6 Å². The summed E-state index contributed by atoms with van der Waals surface area (Å²) in [5.41, 5.74) is 0. The van der Waals surface area contributed by atoms with Gasteiger partial charge >= 0.3 is 0 Å². The number of aromatic nitrogens is 2. The largest absolute Gasteiger partial charge is 0.439 e. The first-order chi connectivity index (χ1) is 9.17. The Bertz CT molecular complexity index is 543. The molecule has 0 amide bonds. The second-order valence-corrected chi connectivity index (χ2v) is 3.85. The molecule has 0 saturated carbocycles. The Labute approximate surface area is 109 Å². The molecule has 6 heteroatoms. The highest BCUT2D eigenvalue weighted by atomic mass is 19.1. The quantitative estimate of drug-likeness (QED) is 0.900. The highest BCUT2D eigenvalue weighted by Gasteiger charge is 2.05. The summed E-state index contributed by atoms with van der Waals surface area (Å²) >= 11 is 0. The molecule has 2 aromatic rings. The first-order valence-corrected chi connectivity index (χ1v) is 5.88. The molecule has 0 aliphatic heterocycles. The van der Waals surface area contributed by atoms with Gasteiger partial charge in [0, 0.05) is 37.0 Å². The topological polar surface area (TPSA) is 47.0 Å². The molecular weight excluding hydrogens is 252 g/mol. The van der Waals surface area contributed by atoms with Crippen molar-refractivity contribution in [1.82, 2.24) is 9.97 Å². The van der Waals surface area contributed by atoms with E-state index in [1.54, 1.807) is 0 Å². The van der Waals surface area contributed by atoms with Gasteiger partial charge in [-0.2, -0.15) is 4.98 Å². The van der Waals surface area contributed by atoms with Gasteiger partial charge in [-0.1, -0.05) is 6.92 Å². The minimum absolute atomic E-state index is 0.0534. The zero-order chi connectivity index (χ0) is 13.7. The molecular formula is C13H13F2N3O. The third kappa shape index (κ3) is 3.87. The first-order valence-electron chi connectivity index (χ1n) is 5.88. The van der Waals surface area contributed by atoms with Crippen LogP contribution in [0.4, 0.5) is 14.7 Å². The molecule has 0 bridgehead atoms. The number of halogens is 2. The third-order valence-electron chi connectivity index (χ3n) is 2.22. The van der Waals surface area contributed by atoms with Crippen LogP contribution in [0, 0.1) is 11.6 Å². The van der Waals surface area contributed by atoms with E-state index in [4.69, 9.17) is 4.74 Å². The van der Waals surface area contributed by atoms with Crippen molar-refractivity contribution in [3.05, 3.63) is 42.1 Å². The minimum Gasteiger partial charge on any atom is -0.439 e. The van der Waals surface area contributed by atoms with Crippen molar-refractivity contribution in [2.45, 2.75) is 13.3 Å². The second kappa shape index (κ2) is 6.08. The van der Waals surface area contributed by atoms with Crippen molar-refractivity contribution < 1.29 is 13.5 Å². The summed E-state index contributed by atoms with van der Waals surface area (Å²) in [4.78, 5) is 8.08. The number of rotatable bonds is 5. The summed E-state index contributed by atoms with van der Waals surface area (Å²) in [5, 5.41) is 2.99. The summed E-state index contributed by atoms with van der Waals surface area (Å²) < 4.78 is 31.3. The Morgan fingerprint density at radius 1 is 1.21 bits per heavy atom. The fraction of sp³-hybridized carbons (Fsp3) is 0.231. The van der Waals surface area contributed by atoms with Crippen LogP contribution in [0.15, 0.2) is 30.5 Å². The Morgan fingerprint density at radius 3 is 2.63 bits per heavy atom. The smallest absolute Gasteiger partial charge is 0.225 e. The lowest BCUT2D eigenvalue weighted by Gasteiger charge is -2.07. The SMILES string of the molecule is CCCNc1nccc(Oc2cc(F)cc(F)c2)n1. The van der Waals surface area contributed by atoms with Crippen LogP contribution >= 0.6 is 0 Å². The normalized spacial score (nSPS) is 10.3. The molecule has 1 heterocycles. The molecule has 0 aliphatic carbocycles. The number of hydrogen-bond donors (Lipinski definition) is 1. The summed E-state index contributed by atoms with van der Waals surface area (Å²) in [6.45, 7) is 2.75. The number of nitrogens with one attached hydrogen (secondary N) is 1. The zero-order valence-corrected chi connectivity index (χ0v) is 10.4. The van der Waals surface area contributed by atoms with Gasteiger partial charge in [0.2, 0.25) is 11.8 Å². The number of ether oxygens (including phenoxy) is 1. The van der Waals surface area contributed by atoms with E-state index in [1.165, 1.54) is 12.3 Å². The van der Waals surface area contributed by atoms with Crippen molar-refractivity contribution >= 4 is 5.95 Å². The molecule has 0 atom stereocenters. The van der Waals surface area contributed by atoms with Crippen molar-refractivity contribution in [3.63, 3.8) is 0 Å². The molecule has 0 aliphatic rings. The van der Waals surface area contributed by atoms with E-state index in [2.05, 4.69) is 15.3 Å². The zero-order valence-electron chi connectivity index (χ0n) is 10.4. The molecule has 4 nitrogen and oxygen atoms in total. The lowest BCUT2D eigenvalue weighted by Crippen LogP contribution is -2.04. The molecule has 0 fully saturated rings. The second-order valence-electron chi connectivity index (χ2n) is 3.85. The van der Waals surface area contributed by atoms with Gasteiger partial charge in [0.05, 0.1) is 0 Å². The predicted molar refractivity (Wildman–Crippen MR) is 67.2 cm³/mol. The van der Waals surface area contributed by atoms with E-state index in [0.29, 0.717) is 5.95 Å². The van der Waals surface area contributed by atoms with E-state index < -0.39 is 11.6 Å². The summed E-state index contributed by atoms with van der Waals surface area (Å²) in [6, 6.07) is 4.47. The monoisotopic (exact) mass is 265 g/mol. The average Bonchev–Trinajstić information content (AvgIpc) is 2.35. The molecule has 1 aromatic heterocycles. The van der Waals surface area contributed by atoms with E-state index in [0.717, 1.165) is 31.2 Å². The van der Waals surface area contributed by atoms with E-state index in [1.807, 2.05) is 6.92 Å². The molecule has 1 N–H and O–H groups in total. The van der Waals surface area contributed by atoms with Gasteiger partial charge in [0.1, 0.15) is 17.4 Å². The molecule has 1 aromatic carbocycles. The summed E-state index contributed by atoms with van der Waals surface area (Å²) in [6.07, 6.45) is 2.44. The lowest BCUT2D eigenvalue weighted by atomic mass is 10.3. The van der Waals surface area contributed by atoms with Crippen LogP contribution in [-0.2, 0) is 0 Å². The highest BCUT2D eigenvalue weighted by Crippen LogP contribution is 2.21. The van der Waals surface area contributed by atoms with Gasteiger partial charge in [-0.15, -0.1) is 0 Å². The van der Waals surface area contributed by atoms with E-state index in [9.17, 15) is 8.78 Å². The fourth-order valence-corrected chi connectivity index (χ4v) is 1.43. The lowest BCUT2D eigenvalue weighted by molar-refractivity contribution is 0.451. The molecule has 0 radical (unpaired) electrons. The number of nitrogens with zero attached hydrogens (tertiary/aromatic N) is 2. The predicted octanol–water partition coefficient (Wildman–Crippen LogP) is 3.37. The van der Waals surface area contributed by atoms with Crippen LogP contribution in [0.25, 0.3) is 0 Å². The Morgan fingerprint density at radius 2 is 1.95 bits per heavy atom. The van der Waals surface area contributed by atoms with Crippen LogP contribution in [0.2, 0.25) is 0 Å². The maximum Gasteiger partial charge on any atom is 0.225 e. The van der Waals surface area contributed by atoms with Gasteiger partial charge in [0.25, 0.3) is 0 Å². The molecule has 100 valence electrons. The van der Waals surface area contributed by atoms with Crippen LogP contribution in [-0.4, -0.2) is 16.5 Å². The molecule has 0 spiro atoms. The van der Waals surface area contributed by atoms with Gasteiger partial charge in [-0.3, -0.25) is 0 Å². The average molecular weight is 265 g/mol. The molecule has 2 rings (SSSR count). The Balaban J connectivity index is 2.13. The van der Waals surface area contributed by atoms with Crippen molar-refractivity contribution in [2.24, 2.45) is 0 Å². The molecule has 19 heavy (non-hydrogen) atoms. The van der Waals surface area contributed by atoms with Gasteiger partial charge < -0.3 is 10.1 Å². The standard InChI is InChI=1S/C13H13F2N3O/c1-2-4-16-13-17-5-3-12(18-13)19-11-7-9(14)6-10(15)8-11/h3,5-8H,2,4H2,1H3,(H,16,17,18). The Hall–Kier alpha value is -2.24. The van der Waals surface area contributed by atoms with E-state index >= 15 is 0 Å². The van der Waals surface area contributed by atoms with Crippen LogP contribution in [0.1, 0.15) is 13.3 Å². The highest BCUT2D eigenvalue weighted by molar-refractivity contribution is 5.31.